The average Bonchev–Trinajstić information content (AvgIpc) is 2.99. The summed E-state index contributed by atoms with van der Waals surface area (Å²) in [5, 5.41) is 0. The number of oxazole rings is 1. The zero-order valence-electron chi connectivity index (χ0n) is 13.7. The Hall–Kier alpha value is -0.880. The summed E-state index contributed by atoms with van der Waals surface area (Å²) < 4.78 is 32.9. The molecule has 3 fully saturated rings. The van der Waals surface area contributed by atoms with Gasteiger partial charge in [0.05, 0.1) is 18.0 Å². The Kier molecular flexibility index (Phi) is 2.77. The lowest BCUT2D eigenvalue weighted by Gasteiger charge is -2.37. The summed E-state index contributed by atoms with van der Waals surface area (Å²) in [6.07, 6.45) is 3.20. The van der Waals surface area contributed by atoms with E-state index in [1.54, 1.807) is 4.31 Å². The normalized spacial score (nSPS) is 38.5. The van der Waals surface area contributed by atoms with E-state index in [-0.39, 0.29) is 23.4 Å². The number of aromatic nitrogens is 1. The molecule has 2 aliphatic carbocycles. The van der Waals surface area contributed by atoms with Crippen molar-refractivity contribution in [3.63, 3.8) is 0 Å². The second kappa shape index (κ2) is 4.15. The van der Waals surface area contributed by atoms with Crippen LogP contribution < -0.4 is 0 Å². The van der Waals surface area contributed by atoms with Crippen LogP contribution in [0.15, 0.2) is 4.42 Å². The smallest absolute Gasteiger partial charge is 0.215 e. The van der Waals surface area contributed by atoms with Gasteiger partial charge in [-0.15, -0.1) is 0 Å². The molecule has 6 heteroatoms. The van der Waals surface area contributed by atoms with Crippen molar-refractivity contribution in [2.24, 2.45) is 16.7 Å². The first-order chi connectivity index (χ1) is 10.2. The molecule has 2 heterocycles. The number of sulfonamides is 1. The first-order valence-corrected chi connectivity index (χ1v) is 9.71. The van der Waals surface area contributed by atoms with Gasteiger partial charge in [-0.2, -0.15) is 4.31 Å². The van der Waals surface area contributed by atoms with Crippen molar-refractivity contribution in [1.29, 1.82) is 0 Å². The van der Waals surface area contributed by atoms with Gasteiger partial charge in [0, 0.05) is 11.5 Å². The average molecular weight is 324 g/mol. The summed E-state index contributed by atoms with van der Waals surface area (Å²) in [6, 6.07) is 0.124. The van der Waals surface area contributed by atoms with Gasteiger partial charge in [-0.05, 0) is 44.4 Å². The maximum Gasteiger partial charge on any atom is 0.215 e. The second-order valence-electron chi connectivity index (χ2n) is 7.92. The summed E-state index contributed by atoms with van der Waals surface area (Å²) in [6.45, 7) is 8.58. The third-order valence-electron chi connectivity index (χ3n) is 6.90. The van der Waals surface area contributed by atoms with E-state index in [1.165, 1.54) is 6.42 Å². The minimum absolute atomic E-state index is 0.0762. The molecule has 2 bridgehead atoms. The number of aryl methyl sites for hydroxylation is 2. The molecule has 0 amide bonds. The highest BCUT2D eigenvalue weighted by Crippen LogP contribution is 2.70. The Bertz CT molecular complexity index is 717. The van der Waals surface area contributed by atoms with Crippen molar-refractivity contribution in [2.45, 2.75) is 59.5 Å². The standard InChI is InChI=1S/C16H24N2O3S/c1-10-11(2)21-14(17-10)8-18-13-7-12-5-6-16(13,15(12,3)4)9-22(18,19)20/h12-13H,5-9H2,1-4H3/t12-,13+,16?/m1/s1. The van der Waals surface area contributed by atoms with E-state index in [1.807, 2.05) is 13.8 Å². The Balaban J connectivity index is 1.72. The summed E-state index contributed by atoms with van der Waals surface area (Å²) >= 11 is 0. The lowest BCUT2D eigenvalue weighted by molar-refractivity contribution is 0.109. The van der Waals surface area contributed by atoms with Gasteiger partial charge in [0.2, 0.25) is 15.9 Å². The van der Waals surface area contributed by atoms with Gasteiger partial charge in [-0.3, -0.25) is 0 Å². The minimum Gasteiger partial charge on any atom is -0.444 e. The van der Waals surface area contributed by atoms with Crippen molar-refractivity contribution in [2.75, 3.05) is 5.75 Å². The first kappa shape index (κ1) is 14.7. The van der Waals surface area contributed by atoms with E-state index >= 15 is 0 Å². The van der Waals surface area contributed by atoms with Crippen LogP contribution >= 0.6 is 0 Å². The predicted molar refractivity (Wildman–Crippen MR) is 82.6 cm³/mol. The molecule has 3 atom stereocenters. The van der Waals surface area contributed by atoms with E-state index in [9.17, 15) is 8.42 Å². The Morgan fingerprint density at radius 1 is 1.36 bits per heavy atom. The molecule has 1 aromatic rings. The number of hydrogen-bond donors (Lipinski definition) is 0. The second-order valence-corrected chi connectivity index (χ2v) is 9.84. The number of fused-ring (bicyclic) bond motifs is 1. The van der Waals surface area contributed by atoms with Gasteiger partial charge in [-0.25, -0.2) is 13.4 Å². The van der Waals surface area contributed by atoms with Gasteiger partial charge in [-0.1, -0.05) is 13.8 Å². The Labute approximate surface area is 132 Å². The lowest BCUT2D eigenvalue weighted by atomic mass is 9.69. The predicted octanol–water partition coefficient (Wildman–Crippen LogP) is 2.63. The van der Waals surface area contributed by atoms with Crippen LogP contribution in [0.3, 0.4) is 0 Å². The zero-order chi connectivity index (χ0) is 15.9. The largest absolute Gasteiger partial charge is 0.444 e. The molecule has 0 N–H and O–H groups in total. The number of rotatable bonds is 2. The van der Waals surface area contributed by atoms with Gasteiger partial charge in [0.15, 0.2) is 0 Å². The molecular formula is C16H24N2O3S. The van der Waals surface area contributed by atoms with Crippen molar-refractivity contribution in [3.05, 3.63) is 17.3 Å². The molecule has 1 unspecified atom stereocenters. The third kappa shape index (κ3) is 1.63. The fourth-order valence-corrected chi connectivity index (χ4v) is 7.83. The van der Waals surface area contributed by atoms with Crippen LogP contribution in [0.1, 0.15) is 50.5 Å². The van der Waals surface area contributed by atoms with Gasteiger partial charge < -0.3 is 4.42 Å². The fraction of sp³-hybridized carbons (Fsp3) is 0.812. The maximum atomic E-state index is 12.8. The third-order valence-corrected chi connectivity index (χ3v) is 8.88. The highest BCUT2D eigenvalue weighted by Gasteiger charge is 2.71. The molecule has 2 saturated carbocycles. The quantitative estimate of drug-likeness (QED) is 0.839. The summed E-state index contributed by atoms with van der Waals surface area (Å²) in [4.78, 5) is 4.38. The topological polar surface area (TPSA) is 63.4 Å². The molecule has 1 spiro atoms. The van der Waals surface area contributed by atoms with E-state index in [2.05, 4.69) is 18.8 Å². The van der Waals surface area contributed by atoms with E-state index in [0.717, 1.165) is 24.3 Å². The molecule has 1 aliphatic heterocycles. The van der Waals surface area contributed by atoms with Crippen LogP contribution in [0, 0.1) is 30.6 Å². The van der Waals surface area contributed by atoms with Crippen LogP contribution in [-0.4, -0.2) is 29.5 Å². The van der Waals surface area contributed by atoms with E-state index in [0.29, 0.717) is 17.6 Å². The van der Waals surface area contributed by atoms with Crippen LogP contribution in [0.5, 0.6) is 0 Å². The molecule has 0 aromatic carbocycles. The summed E-state index contributed by atoms with van der Waals surface area (Å²) in [5.41, 5.74) is 0.879. The molecule has 1 saturated heterocycles. The lowest BCUT2D eigenvalue weighted by Crippen LogP contribution is -2.41. The zero-order valence-corrected chi connectivity index (χ0v) is 14.5. The van der Waals surface area contributed by atoms with Crippen LogP contribution in [-0.2, 0) is 16.6 Å². The monoisotopic (exact) mass is 324 g/mol. The van der Waals surface area contributed by atoms with Crippen LogP contribution in [0.4, 0.5) is 0 Å². The van der Waals surface area contributed by atoms with Gasteiger partial charge >= 0.3 is 0 Å². The molecule has 0 radical (unpaired) electrons. The highest BCUT2D eigenvalue weighted by molar-refractivity contribution is 7.89. The summed E-state index contributed by atoms with van der Waals surface area (Å²) in [7, 11) is -3.23. The molecule has 3 aliphatic rings. The molecule has 4 rings (SSSR count). The minimum atomic E-state index is -3.23. The Morgan fingerprint density at radius 3 is 2.68 bits per heavy atom. The molecule has 1 aromatic heterocycles. The number of hydrogen-bond acceptors (Lipinski definition) is 4. The SMILES string of the molecule is Cc1nc(CN2[C@H]3C[C@H]4CCC3(CS2(=O)=O)C4(C)C)oc1C. The number of nitrogens with zero attached hydrogens (tertiary/aromatic N) is 2. The fourth-order valence-electron chi connectivity index (χ4n) is 5.32. The molecule has 22 heavy (non-hydrogen) atoms. The Morgan fingerprint density at radius 2 is 2.09 bits per heavy atom. The first-order valence-electron chi connectivity index (χ1n) is 8.10. The van der Waals surface area contributed by atoms with E-state index < -0.39 is 10.0 Å². The molecule has 122 valence electrons. The molecular weight excluding hydrogens is 300 g/mol. The maximum absolute atomic E-state index is 12.8. The van der Waals surface area contributed by atoms with Crippen LogP contribution in [0.25, 0.3) is 0 Å². The summed E-state index contributed by atoms with van der Waals surface area (Å²) in [5.74, 6) is 2.24. The van der Waals surface area contributed by atoms with E-state index in [4.69, 9.17) is 4.42 Å². The van der Waals surface area contributed by atoms with Crippen LogP contribution in [0.2, 0.25) is 0 Å². The van der Waals surface area contributed by atoms with Crippen molar-refractivity contribution >= 4 is 10.0 Å². The van der Waals surface area contributed by atoms with Crippen molar-refractivity contribution < 1.29 is 12.8 Å². The van der Waals surface area contributed by atoms with Gasteiger partial charge in [0.1, 0.15) is 5.76 Å². The highest BCUT2D eigenvalue weighted by atomic mass is 32.2. The van der Waals surface area contributed by atoms with Gasteiger partial charge in [0.25, 0.3) is 0 Å². The van der Waals surface area contributed by atoms with Crippen molar-refractivity contribution in [1.82, 2.24) is 9.29 Å². The van der Waals surface area contributed by atoms with Crippen molar-refractivity contribution in [3.8, 4) is 0 Å². The molecule has 5 nitrogen and oxygen atoms in total.